The number of hydrogen-bond donors (Lipinski definition) is 2. The number of benzene rings is 3. The van der Waals surface area contributed by atoms with E-state index in [1.54, 1.807) is 18.2 Å². The first kappa shape index (κ1) is 30.4. The van der Waals surface area contributed by atoms with E-state index in [9.17, 15) is 53.9 Å². The smallest absolute Gasteiger partial charge is 0.857 e. The minimum absolute atomic E-state index is 0. The fourth-order valence-corrected chi connectivity index (χ4v) is 3.49. The molecule has 0 amide bonds. The molecule has 0 aromatic heterocycles. The van der Waals surface area contributed by atoms with Crippen LogP contribution in [0.1, 0.15) is 0 Å². The Kier molecular flexibility index (Phi) is 8.66. The van der Waals surface area contributed by atoms with Gasteiger partial charge in [0.25, 0.3) is 10.1 Å². The van der Waals surface area contributed by atoms with Gasteiger partial charge in [0.15, 0.2) is 5.75 Å². The van der Waals surface area contributed by atoms with E-state index in [0.29, 0.717) is 12.1 Å². The number of aliphatic imine (C=N–C) groups is 1. The van der Waals surface area contributed by atoms with Gasteiger partial charge >= 0.3 is 47.6 Å². The molecule has 0 spiro atoms. The van der Waals surface area contributed by atoms with Gasteiger partial charge in [-0.05, 0) is 24.3 Å². The van der Waals surface area contributed by atoms with Crippen molar-refractivity contribution in [2.75, 3.05) is 0 Å². The summed E-state index contributed by atoms with van der Waals surface area (Å²) in [4.78, 5) is 1.46. The van der Waals surface area contributed by atoms with E-state index in [1.165, 1.54) is 12.1 Å². The van der Waals surface area contributed by atoms with Crippen LogP contribution < -0.4 is 34.7 Å². The third-order valence-electron chi connectivity index (χ3n) is 4.61. The van der Waals surface area contributed by atoms with Crippen LogP contribution in [0, 0.1) is 0 Å². The first-order chi connectivity index (χ1) is 16.5. The van der Waals surface area contributed by atoms with Gasteiger partial charge in [-0.2, -0.15) is 44.3 Å². The van der Waals surface area contributed by atoms with E-state index < -0.39 is 66.8 Å². The average molecular weight is 561 g/mol. The van der Waals surface area contributed by atoms with Crippen molar-refractivity contribution in [3.8, 4) is 5.75 Å². The molecule has 3 aromatic rings. The van der Waals surface area contributed by atoms with E-state index in [4.69, 9.17) is 0 Å². The number of alkyl halides is 7. The Morgan fingerprint density at radius 3 is 2.00 bits per heavy atom. The number of nitrogens with zero attached hydrogens (tertiary/aromatic N) is 3. The van der Waals surface area contributed by atoms with Crippen LogP contribution in [0.2, 0.25) is 0 Å². The SMILES string of the molecule is O=S(=O)(O)c1cc2c(N=C([O-])C(F)(F)C(F)(F)C(F)(F)F)cccc2c(O)c1N=Nc1ccccc1.[Na+]. The van der Waals surface area contributed by atoms with Gasteiger partial charge in [-0.25, -0.2) is 0 Å². The summed E-state index contributed by atoms with van der Waals surface area (Å²) in [5, 5.41) is 28.4. The van der Waals surface area contributed by atoms with Crippen LogP contribution in [-0.4, -0.2) is 42.0 Å². The molecule has 0 unspecified atom stereocenters. The van der Waals surface area contributed by atoms with Gasteiger partial charge in [0.05, 0.1) is 11.4 Å². The largest absolute Gasteiger partial charge is 1.00 e. The van der Waals surface area contributed by atoms with Crippen molar-refractivity contribution in [3.05, 3.63) is 54.6 Å². The third-order valence-corrected chi connectivity index (χ3v) is 5.48. The molecule has 0 aliphatic heterocycles. The molecule has 0 saturated heterocycles. The molecule has 0 radical (unpaired) electrons. The molecule has 3 aromatic carbocycles. The Hall–Kier alpha value is -2.79. The molecule has 0 saturated carbocycles. The quantitative estimate of drug-likeness (QED) is 0.119. The molecule has 0 aliphatic rings. The Morgan fingerprint density at radius 2 is 1.46 bits per heavy atom. The fourth-order valence-electron chi connectivity index (χ4n) is 2.84. The van der Waals surface area contributed by atoms with E-state index >= 15 is 0 Å². The molecule has 8 nitrogen and oxygen atoms in total. The number of halogens is 7. The zero-order valence-corrected chi connectivity index (χ0v) is 21.0. The van der Waals surface area contributed by atoms with Crippen LogP contribution in [0.3, 0.4) is 0 Å². The maximum atomic E-state index is 13.7. The van der Waals surface area contributed by atoms with Crippen LogP contribution in [-0.2, 0) is 10.1 Å². The van der Waals surface area contributed by atoms with Gasteiger partial charge < -0.3 is 10.2 Å². The summed E-state index contributed by atoms with van der Waals surface area (Å²) in [6, 6.07) is 10.8. The molecule has 0 bridgehead atoms. The molecule has 37 heavy (non-hydrogen) atoms. The molecular formula is C20H11F7N3NaO5S. The number of fused-ring (bicyclic) bond motifs is 1. The topological polar surface area (TPSA) is 135 Å². The molecule has 0 atom stereocenters. The van der Waals surface area contributed by atoms with Gasteiger partial charge in [-0.15, -0.1) is 5.11 Å². The summed E-state index contributed by atoms with van der Waals surface area (Å²) in [5.74, 6) is -17.3. The van der Waals surface area contributed by atoms with Crippen molar-refractivity contribution < 1.29 is 83.5 Å². The molecule has 2 N–H and O–H groups in total. The van der Waals surface area contributed by atoms with Crippen molar-refractivity contribution in [2.24, 2.45) is 15.2 Å². The second-order valence-corrected chi connectivity index (χ2v) is 8.41. The summed E-state index contributed by atoms with van der Waals surface area (Å²) in [7, 11) is -5.23. The fraction of sp³-hybridized carbons (Fsp3) is 0.150. The first-order valence-electron chi connectivity index (χ1n) is 9.30. The Bertz CT molecular complexity index is 1480. The minimum Gasteiger partial charge on any atom is -0.857 e. The molecule has 192 valence electrons. The summed E-state index contributed by atoms with van der Waals surface area (Å²) in [6.45, 7) is 0. The predicted octanol–water partition coefficient (Wildman–Crippen LogP) is 2.43. The zero-order valence-electron chi connectivity index (χ0n) is 18.2. The second kappa shape index (κ2) is 10.5. The second-order valence-electron chi connectivity index (χ2n) is 7.02. The zero-order chi connectivity index (χ0) is 27.1. The molecule has 0 fully saturated rings. The first-order valence-corrected chi connectivity index (χ1v) is 10.7. The number of rotatable bonds is 6. The number of azo groups is 1. The van der Waals surface area contributed by atoms with Crippen LogP contribution in [0.25, 0.3) is 10.8 Å². The Morgan fingerprint density at radius 1 is 0.865 bits per heavy atom. The van der Waals surface area contributed by atoms with Crippen LogP contribution >= 0.6 is 0 Å². The van der Waals surface area contributed by atoms with E-state index in [2.05, 4.69) is 15.2 Å². The average Bonchev–Trinajstić information content (AvgIpc) is 2.77. The molecule has 0 aliphatic carbocycles. The molecule has 0 heterocycles. The third kappa shape index (κ3) is 5.87. The summed E-state index contributed by atoms with van der Waals surface area (Å²) in [6.07, 6.45) is -6.80. The normalized spacial score (nSPS) is 13.7. The molecular weight excluding hydrogens is 550 g/mol. The summed E-state index contributed by atoms with van der Waals surface area (Å²) in [5.41, 5.74) is -1.66. The van der Waals surface area contributed by atoms with Crippen molar-refractivity contribution in [1.29, 1.82) is 0 Å². The minimum atomic E-state index is -6.80. The Labute approximate surface area is 225 Å². The van der Waals surface area contributed by atoms with Gasteiger partial charge in [-0.1, -0.05) is 30.3 Å². The standard InChI is InChI=1S/C20H12F7N3O5S.Na/c21-18(22,19(23,24)20(25,26)27)17(32)28-13-8-4-7-11-12(13)9-14(36(33,34)35)15(16(11)31)30-29-10-5-2-1-3-6-10;/h1-9,31H,(H,28,32)(H,33,34,35);/q;+1/p-1. The summed E-state index contributed by atoms with van der Waals surface area (Å²) >= 11 is 0. The van der Waals surface area contributed by atoms with E-state index in [-0.39, 0.29) is 35.2 Å². The molecule has 3 rings (SSSR count). The maximum absolute atomic E-state index is 13.7. The van der Waals surface area contributed by atoms with Gasteiger partial charge in [-0.3, -0.25) is 9.55 Å². The van der Waals surface area contributed by atoms with Crippen molar-refractivity contribution in [3.63, 3.8) is 0 Å². The van der Waals surface area contributed by atoms with Crippen molar-refractivity contribution >= 4 is 43.9 Å². The van der Waals surface area contributed by atoms with Gasteiger partial charge in [0.2, 0.25) is 0 Å². The van der Waals surface area contributed by atoms with Gasteiger partial charge in [0, 0.05) is 16.7 Å². The number of aromatic hydroxyl groups is 1. The number of phenols is 1. The van der Waals surface area contributed by atoms with Crippen LogP contribution in [0.4, 0.5) is 47.8 Å². The van der Waals surface area contributed by atoms with Gasteiger partial charge in [0.1, 0.15) is 10.6 Å². The predicted molar refractivity (Wildman–Crippen MR) is 109 cm³/mol. The monoisotopic (exact) mass is 561 g/mol. The number of hydrogen-bond acceptors (Lipinski definition) is 7. The Balaban J connectivity index is 0.00000481. The van der Waals surface area contributed by atoms with E-state index in [0.717, 1.165) is 12.1 Å². The summed E-state index contributed by atoms with van der Waals surface area (Å²) < 4.78 is 124. The van der Waals surface area contributed by atoms with Crippen LogP contribution in [0.15, 0.2) is 74.7 Å². The van der Waals surface area contributed by atoms with Crippen LogP contribution in [0.5, 0.6) is 5.75 Å². The van der Waals surface area contributed by atoms with E-state index in [1.807, 2.05) is 0 Å². The number of phenolic OH excluding ortho intramolecular Hbond substituents is 1. The van der Waals surface area contributed by atoms with Crippen molar-refractivity contribution in [1.82, 2.24) is 0 Å². The van der Waals surface area contributed by atoms with Crippen molar-refractivity contribution in [2.45, 2.75) is 22.9 Å². The maximum Gasteiger partial charge on any atom is 1.00 e. The molecule has 17 heteroatoms.